The maximum Gasteiger partial charge on any atom is 0.437 e. The maximum atomic E-state index is 13.0. The van der Waals surface area contributed by atoms with Gasteiger partial charge in [-0.2, -0.15) is 4.68 Å². The molecule has 0 aliphatic carbocycles. The number of benzene rings is 2. The van der Waals surface area contributed by atoms with Crippen molar-refractivity contribution in [2.45, 2.75) is 13.1 Å². The van der Waals surface area contributed by atoms with Crippen molar-refractivity contribution in [3.63, 3.8) is 0 Å². The van der Waals surface area contributed by atoms with Crippen molar-refractivity contribution in [3.8, 4) is 17.2 Å². The van der Waals surface area contributed by atoms with Crippen LogP contribution in [0.25, 0.3) is 11.5 Å². The molecule has 0 N–H and O–H groups in total. The van der Waals surface area contributed by atoms with Crippen molar-refractivity contribution in [1.29, 1.82) is 0 Å². The molecule has 1 aromatic heterocycles. The van der Waals surface area contributed by atoms with Crippen LogP contribution < -0.4 is 10.5 Å². The van der Waals surface area contributed by atoms with Crippen molar-refractivity contribution < 1.29 is 18.3 Å². The van der Waals surface area contributed by atoms with E-state index in [9.17, 15) is 14.0 Å². The van der Waals surface area contributed by atoms with Crippen molar-refractivity contribution in [3.05, 3.63) is 69.4 Å². The second-order valence-corrected chi connectivity index (χ2v) is 6.48. The van der Waals surface area contributed by atoms with E-state index in [0.29, 0.717) is 16.3 Å². The quantitative estimate of drug-likeness (QED) is 0.630. The first-order valence-electron chi connectivity index (χ1n) is 8.27. The highest BCUT2D eigenvalue weighted by atomic mass is 35.5. The number of nitrogens with zero attached hydrogens (tertiary/aromatic N) is 3. The number of carbonyl (C=O) groups is 1. The number of aromatic nitrogens is 2. The number of ether oxygens (including phenoxy) is 1. The molecular formula is C19H17ClFN3O4. The largest absolute Gasteiger partial charge is 0.496 e. The van der Waals surface area contributed by atoms with Crippen LogP contribution in [0.15, 0.2) is 51.7 Å². The SMILES string of the molecule is COc1ccc(Cl)cc1CN(C)C(=O)Cn1nc(-c2ccc(F)cc2)oc1=O. The number of likely N-dealkylation sites (N-methyl/N-ethyl adjacent to an activating group) is 1. The van der Waals surface area contributed by atoms with Gasteiger partial charge in [-0.1, -0.05) is 11.6 Å². The minimum atomic E-state index is -0.776. The average Bonchev–Trinajstić information content (AvgIpc) is 3.03. The summed E-state index contributed by atoms with van der Waals surface area (Å²) in [5.41, 5.74) is 1.16. The predicted molar refractivity (Wildman–Crippen MR) is 101 cm³/mol. The fourth-order valence-corrected chi connectivity index (χ4v) is 2.77. The fourth-order valence-electron chi connectivity index (χ4n) is 2.58. The molecule has 2 aromatic carbocycles. The Bertz CT molecular complexity index is 1050. The Balaban J connectivity index is 1.73. The van der Waals surface area contributed by atoms with Gasteiger partial charge in [0.05, 0.1) is 7.11 Å². The van der Waals surface area contributed by atoms with E-state index in [4.69, 9.17) is 20.8 Å². The zero-order valence-corrected chi connectivity index (χ0v) is 15.9. The molecule has 9 heteroatoms. The summed E-state index contributed by atoms with van der Waals surface area (Å²) in [6.07, 6.45) is 0. The van der Waals surface area contributed by atoms with Gasteiger partial charge in [-0.3, -0.25) is 4.79 Å². The Labute approximate surface area is 164 Å². The van der Waals surface area contributed by atoms with Gasteiger partial charge in [0.2, 0.25) is 11.8 Å². The summed E-state index contributed by atoms with van der Waals surface area (Å²) in [6.45, 7) is -0.0666. The number of halogens is 2. The van der Waals surface area contributed by atoms with Gasteiger partial charge in [-0.15, -0.1) is 5.10 Å². The van der Waals surface area contributed by atoms with Crippen LogP contribution in [0.3, 0.4) is 0 Å². The van der Waals surface area contributed by atoms with E-state index < -0.39 is 11.6 Å². The molecular weight excluding hydrogens is 389 g/mol. The third kappa shape index (κ3) is 4.40. The Hall–Kier alpha value is -3.13. The summed E-state index contributed by atoms with van der Waals surface area (Å²) >= 11 is 6.01. The molecule has 1 heterocycles. The number of amides is 1. The van der Waals surface area contributed by atoms with E-state index in [1.807, 2.05) is 0 Å². The number of methoxy groups -OCH3 is 1. The predicted octanol–water partition coefficient (Wildman–Crippen LogP) is 2.96. The Morgan fingerprint density at radius 2 is 2.00 bits per heavy atom. The zero-order chi connectivity index (χ0) is 20.3. The molecule has 7 nitrogen and oxygen atoms in total. The van der Waals surface area contributed by atoms with Gasteiger partial charge in [0.15, 0.2) is 0 Å². The lowest BCUT2D eigenvalue weighted by atomic mass is 10.2. The van der Waals surface area contributed by atoms with Crippen molar-refractivity contribution in [1.82, 2.24) is 14.7 Å². The molecule has 146 valence electrons. The normalized spacial score (nSPS) is 10.7. The molecule has 0 unspecified atom stereocenters. The average molecular weight is 406 g/mol. The first-order chi connectivity index (χ1) is 13.4. The maximum absolute atomic E-state index is 13.0. The molecule has 0 saturated heterocycles. The fraction of sp³-hybridized carbons (Fsp3) is 0.211. The van der Waals surface area contributed by atoms with Crippen LogP contribution in [-0.2, 0) is 17.9 Å². The second-order valence-electron chi connectivity index (χ2n) is 6.04. The topological polar surface area (TPSA) is 77.6 Å². The molecule has 0 saturated carbocycles. The number of carbonyl (C=O) groups excluding carboxylic acids is 1. The first-order valence-corrected chi connectivity index (χ1v) is 8.65. The highest BCUT2D eigenvalue weighted by Gasteiger charge is 2.17. The summed E-state index contributed by atoms with van der Waals surface area (Å²) in [7, 11) is 3.12. The Morgan fingerprint density at radius 3 is 2.68 bits per heavy atom. The van der Waals surface area contributed by atoms with Crippen molar-refractivity contribution in [2.24, 2.45) is 0 Å². The number of rotatable bonds is 6. The summed E-state index contributed by atoms with van der Waals surface area (Å²) < 4.78 is 24.3. The lowest BCUT2D eigenvalue weighted by molar-refractivity contribution is -0.131. The standard InChI is InChI=1S/C19H17ClFN3O4/c1-23(10-13-9-14(20)5-8-16(13)27-2)17(25)11-24-19(26)28-18(22-24)12-3-6-15(21)7-4-12/h3-9H,10-11H2,1-2H3. The lowest BCUT2D eigenvalue weighted by Gasteiger charge is -2.18. The Kier molecular flexibility index (Phi) is 5.79. The van der Waals surface area contributed by atoms with Gasteiger partial charge in [0.1, 0.15) is 18.1 Å². The van der Waals surface area contributed by atoms with E-state index in [1.165, 1.54) is 36.3 Å². The first kappa shape index (κ1) is 19.6. The zero-order valence-electron chi connectivity index (χ0n) is 15.2. The summed E-state index contributed by atoms with van der Waals surface area (Å²) in [4.78, 5) is 25.9. The van der Waals surface area contributed by atoms with E-state index in [0.717, 1.165) is 10.2 Å². The molecule has 0 aliphatic rings. The van der Waals surface area contributed by atoms with Gasteiger partial charge in [-0.25, -0.2) is 9.18 Å². The van der Waals surface area contributed by atoms with Crippen LogP contribution in [0.5, 0.6) is 5.75 Å². The van der Waals surface area contributed by atoms with Gasteiger partial charge in [0.25, 0.3) is 0 Å². The molecule has 0 bridgehead atoms. The molecule has 28 heavy (non-hydrogen) atoms. The van der Waals surface area contributed by atoms with E-state index in [-0.39, 0.29) is 24.9 Å². The van der Waals surface area contributed by atoms with Crippen molar-refractivity contribution in [2.75, 3.05) is 14.2 Å². The Morgan fingerprint density at radius 1 is 1.29 bits per heavy atom. The lowest BCUT2D eigenvalue weighted by Crippen LogP contribution is -2.33. The minimum absolute atomic E-state index is 0.0111. The number of hydrogen-bond donors (Lipinski definition) is 0. The van der Waals surface area contributed by atoms with Crippen LogP contribution in [0.4, 0.5) is 4.39 Å². The minimum Gasteiger partial charge on any atom is -0.496 e. The van der Waals surface area contributed by atoms with Gasteiger partial charge in [0, 0.05) is 29.7 Å². The molecule has 0 fully saturated rings. The van der Waals surface area contributed by atoms with Gasteiger partial charge in [-0.05, 0) is 42.5 Å². The van der Waals surface area contributed by atoms with E-state index in [2.05, 4.69) is 5.10 Å². The third-order valence-electron chi connectivity index (χ3n) is 4.06. The van der Waals surface area contributed by atoms with Crippen LogP contribution >= 0.6 is 11.6 Å². The molecule has 3 aromatic rings. The molecule has 0 radical (unpaired) electrons. The third-order valence-corrected chi connectivity index (χ3v) is 4.29. The summed E-state index contributed by atoms with van der Waals surface area (Å²) in [5, 5.41) is 4.53. The summed E-state index contributed by atoms with van der Waals surface area (Å²) in [5.74, 6) is -0.943. The van der Waals surface area contributed by atoms with Gasteiger partial charge >= 0.3 is 5.76 Å². The smallest absolute Gasteiger partial charge is 0.437 e. The molecule has 1 amide bonds. The molecule has 0 atom stereocenters. The van der Waals surface area contributed by atoms with Gasteiger partial charge < -0.3 is 14.1 Å². The van der Waals surface area contributed by atoms with Crippen LogP contribution in [0.2, 0.25) is 5.02 Å². The van der Waals surface area contributed by atoms with E-state index in [1.54, 1.807) is 25.2 Å². The second kappa shape index (κ2) is 8.26. The highest BCUT2D eigenvalue weighted by molar-refractivity contribution is 6.30. The summed E-state index contributed by atoms with van der Waals surface area (Å²) in [6, 6.07) is 10.4. The van der Waals surface area contributed by atoms with Crippen molar-refractivity contribution >= 4 is 17.5 Å². The van der Waals surface area contributed by atoms with Crippen LogP contribution in [0, 0.1) is 5.82 Å². The van der Waals surface area contributed by atoms with E-state index >= 15 is 0 Å². The van der Waals surface area contributed by atoms with Crippen LogP contribution in [-0.4, -0.2) is 34.7 Å². The molecule has 0 aliphatic heterocycles. The molecule has 0 spiro atoms. The van der Waals surface area contributed by atoms with Crippen LogP contribution in [0.1, 0.15) is 5.56 Å². The monoisotopic (exact) mass is 405 g/mol. The number of hydrogen-bond acceptors (Lipinski definition) is 5. The highest BCUT2D eigenvalue weighted by Crippen LogP contribution is 2.24. The molecule has 3 rings (SSSR count).